The van der Waals surface area contributed by atoms with Crippen molar-refractivity contribution in [1.29, 1.82) is 0 Å². The van der Waals surface area contributed by atoms with E-state index in [-0.39, 0.29) is 6.04 Å². The molecule has 0 bridgehead atoms. The number of piperidine rings is 1. The summed E-state index contributed by atoms with van der Waals surface area (Å²) >= 11 is 0. The third-order valence-corrected chi connectivity index (χ3v) is 6.67. The number of hydrogen-bond donors (Lipinski definition) is 1. The first-order valence-electron chi connectivity index (χ1n) is 9.59. The fourth-order valence-electron chi connectivity index (χ4n) is 3.71. The van der Waals surface area contributed by atoms with Crippen LogP contribution in [0.4, 0.5) is 20.6 Å². The maximum atomic E-state index is 14.3. The van der Waals surface area contributed by atoms with Crippen LogP contribution in [0.1, 0.15) is 18.4 Å². The molecule has 2 aromatic rings. The number of nitrogens with two attached hydrogens (primary N) is 1. The molecule has 1 aromatic carbocycles. The van der Waals surface area contributed by atoms with E-state index < -0.39 is 21.9 Å². The minimum absolute atomic E-state index is 0.0322. The molecular formula is C20H26FN5O3S. The topological polar surface area (TPSA) is 99.8 Å². The monoisotopic (exact) mass is 435 g/mol. The zero-order valence-electron chi connectivity index (χ0n) is 17.0. The van der Waals surface area contributed by atoms with E-state index in [1.165, 1.54) is 33.8 Å². The maximum Gasteiger partial charge on any atom is 0.323 e. The van der Waals surface area contributed by atoms with Crippen molar-refractivity contribution in [3.8, 4) is 0 Å². The summed E-state index contributed by atoms with van der Waals surface area (Å²) in [5.74, 6) is -0.468. The minimum Gasteiger partial charge on any atom is -0.351 e. The number of sulfonamides is 1. The molecule has 10 heteroatoms. The molecule has 0 saturated carbocycles. The van der Waals surface area contributed by atoms with E-state index in [1.54, 1.807) is 31.4 Å². The minimum atomic E-state index is -3.22. The van der Waals surface area contributed by atoms with Crippen LogP contribution >= 0.6 is 0 Å². The van der Waals surface area contributed by atoms with Gasteiger partial charge in [0.2, 0.25) is 10.0 Å². The molecule has 0 unspecified atom stereocenters. The second-order valence-corrected chi connectivity index (χ2v) is 9.53. The van der Waals surface area contributed by atoms with Gasteiger partial charge in [-0.2, -0.15) is 0 Å². The van der Waals surface area contributed by atoms with Crippen LogP contribution in [0, 0.1) is 5.82 Å². The van der Waals surface area contributed by atoms with E-state index in [0.717, 1.165) is 0 Å². The molecule has 1 aliphatic heterocycles. The van der Waals surface area contributed by atoms with E-state index in [4.69, 9.17) is 5.73 Å². The molecule has 0 radical (unpaired) electrons. The fraction of sp³-hybridized carbons (Fsp3) is 0.400. The predicted molar refractivity (Wildman–Crippen MR) is 113 cm³/mol. The van der Waals surface area contributed by atoms with Crippen LogP contribution in [-0.4, -0.2) is 61.1 Å². The van der Waals surface area contributed by atoms with E-state index in [2.05, 4.69) is 9.88 Å². The average molecular weight is 436 g/mol. The van der Waals surface area contributed by atoms with Gasteiger partial charge in [-0.25, -0.2) is 21.9 Å². The summed E-state index contributed by atoms with van der Waals surface area (Å²) in [6.07, 6.45) is 5.67. The molecule has 1 fully saturated rings. The van der Waals surface area contributed by atoms with Crippen LogP contribution in [0.3, 0.4) is 0 Å². The standard InChI is InChI=1S/C20H26FN5O3S/c1-24(30(2,28)29)17-5-8-25(9-6-17)14-15-10-16(21)12-19(11-15)26(20(22)27)18-4-3-7-23-13-18/h3-4,7,10-13,17H,5-6,8-9,14H2,1-2H3,(H2,22,27). The lowest BCUT2D eigenvalue weighted by Crippen LogP contribution is -2.44. The van der Waals surface area contributed by atoms with Gasteiger partial charge in [-0.1, -0.05) is 0 Å². The molecule has 162 valence electrons. The largest absolute Gasteiger partial charge is 0.351 e. The van der Waals surface area contributed by atoms with Crippen molar-refractivity contribution >= 4 is 27.4 Å². The molecule has 8 nitrogen and oxygen atoms in total. The first-order valence-corrected chi connectivity index (χ1v) is 11.4. The lowest BCUT2D eigenvalue weighted by atomic mass is 10.0. The summed E-state index contributed by atoms with van der Waals surface area (Å²) < 4.78 is 39.2. The van der Waals surface area contributed by atoms with Gasteiger partial charge in [0.25, 0.3) is 0 Å². The number of rotatable bonds is 6. The smallest absolute Gasteiger partial charge is 0.323 e. The number of urea groups is 1. The molecule has 0 aliphatic carbocycles. The van der Waals surface area contributed by atoms with Crippen LogP contribution < -0.4 is 10.6 Å². The molecule has 1 saturated heterocycles. The van der Waals surface area contributed by atoms with Gasteiger partial charge in [-0.05, 0) is 48.7 Å². The van der Waals surface area contributed by atoms with Gasteiger partial charge in [-0.3, -0.25) is 14.8 Å². The number of likely N-dealkylation sites (tertiary alicyclic amines) is 1. The van der Waals surface area contributed by atoms with Crippen molar-refractivity contribution in [1.82, 2.24) is 14.2 Å². The summed E-state index contributed by atoms with van der Waals surface area (Å²) in [6.45, 7) is 1.87. The number of carbonyl (C=O) groups is 1. The SMILES string of the molecule is CN(C1CCN(Cc2cc(F)cc(N(C(N)=O)c3cccnc3)c2)CC1)S(C)(=O)=O. The zero-order chi connectivity index (χ0) is 21.9. The first-order chi connectivity index (χ1) is 14.1. The fourth-order valence-corrected chi connectivity index (χ4v) is 4.47. The molecule has 0 spiro atoms. The zero-order valence-corrected chi connectivity index (χ0v) is 17.8. The first kappa shape index (κ1) is 22.1. The highest BCUT2D eigenvalue weighted by molar-refractivity contribution is 7.88. The summed E-state index contributed by atoms with van der Waals surface area (Å²) in [4.78, 5) is 19.4. The molecule has 0 atom stereocenters. The third kappa shape index (κ3) is 5.32. The highest BCUT2D eigenvalue weighted by atomic mass is 32.2. The number of hydrogen-bond acceptors (Lipinski definition) is 5. The summed E-state index contributed by atoms with van der Waals surface area (Å²) in [5, 5.41) is 0. The van der Waals surface area contributed by atoms with Gasteiger partial charge < -0.3 is 5.73 Å². The lowest BCUT2D eigenvalue weighted by molar-refractivity contribution is 0.164. The van der Waals surface area contributed by atoms with Crippen LogP contribution in [0.2, 0.25) is 0 Å². The number of pyridine rings is 1. The second kappa shape index (κ2) is 9.07. The van der Waals surface area contributed by atoms with Gasteiger partial charge in [0.1, 0.15) is 5.82 Å². The number of aromatic nitrogens is 1. The lowest BCUT2D eigenvalue weighted by Gasteiger charge is -2.35. The molecule has 1 aromatic heterocycles. The molecule has 2 N–H and O–H groups in total. The predicted octanol–water partition coefficient (Wildman–Crippen LogP) is 2.29. The van der Waals surface area contributed by atoms with Crippen LogP contribution in [0.5, 0.6) is 0 Å². The molecule has 30 heavy (non-hydrogen) atoms. The number of halogens is 1. The van der Waals surface area contributed by atoms with Crippen molar-refractivity contribution in [2.75, 3.05) is 31.3 Å². The number of anilines is 2. The van der Waals surface area contributed by atoms with Crippen LogP contribution in [0.15, 0.2) is 42.7 Å². The molecular weight excluding hydrogens is 409 g/mol. The summed E-state index contributed by atoms with van der Waals surface area (Å²) in [7, 11) is -1.62. The number of benzene rings is 1. The van der Waals surface area contributed by atoms with Crippen molar-refractivity contribution in [2.24, 2.45) is 5.73 Å². The Balaban J connectivity index is 1.74. The van der Waals surface area contributed by atoms with Gasteiger partial charge in [0.05, 0.1) is 23.8 Å². The van der Waals surface area contributed by atoms with Crippen molar-refractivity contribution < 1.29 is 17.6 Å². The maximum absolute atomic E-state index is 14.3. The molecule has 2 amide bonds. The summed E-state index contributed by atoms with van der Waals surface area (Å²) in [6, 6.07) is 7.00. The van der Waals surface area contributed by atoms with Gasteiger partial charge in [-0.15, -0.1) is 0 Å². The van der Waals surface area contributed by atoms with Crippen molar-refractivity contribution in [3.63, 3.8) is 0 Å². The Labute approximate surface area is 176 Å². The molecule has 1 aliphatic rings. The van der Waals surface area contributed by atoms with Gasteiger partial charge in [0.15, 0.2) is 0 Å². The molecule has 2 heterocycles. The average Bonchev–Trinajstić information content (AvgIpc) is 2.67. The number of carbonyl (C=O) groups excluding carboxylic acids is 1. The third-order valence-electron chi connectivity index (χ3n) is 5.33. The van der Waals surface area contributed by atoms with Crippen LogP contribution in [0.25, 0.3) is 0 Å². The Bertz CT molecular complexity index is 995. The Hall–Kier alpha value is -2.56. The van der Waals surface area contributed by atoms with Crippen molar-refractivity contribution in [2.45, 2.75) is 25.4 Å². The van der Waals surface area contributed by atoms with E-state index in [9.17, 15) is 17.6 Å². The number of primary amides is 1. The number of nitrogens with zero attached hydrogens (tertiary/aromatic N) is 4. The van der Waals surface area contributed by atoms with Gasteiger partial charge in [0, 0.05) is 38.9 Å². The van der Waals surface area contributed by atoms with E-state index in [0.29, 0.717) is 49.4 Å². The summed E-state index contributed by atoms with van der Waals surface area (Å²) in [5.41, 5.74) is 7.02. The number of amides is 2. The Morgan fingerprint density at radius 3 is 2.53 bits per heavy atom. The Morgan fingerprint density at radius 2 is 1.97 bits per heavy atom. The van der Waals surface area contributed by atoms with E-state index >= 15 is 0 Å². The van der Waals surface area contributed by atoms with Crippen LogP contribution in [-0.2, 0) is 16.6 Å². The Morgan fingerprint density at radius 1 is 1.27 bits per heavy atom. The van der Waals surface area contributed by atoms with Crippen molar-refractivity contribution in [3.05, 3.63) is 54.1 Å². The highest BCUT2D eigenvalue weighted by Gasteiger charge is 2.27. The quantitative estimate of drug-likeness (QED) is 0.750. The molecule has 3 rings (SSSR count). The Kier molecular flexibility index (Phi) is 6.69. The highest BCUT2D eigenvalue weighted by Crippen LogP contribution is 2.27. The normalized spacial score (nSPS) is 16.0. The second-order valence-electron chi connectivity index (χ2n) is 7.49. The van der Waals surface area contributed by atoms with Gasteiger partial charge >= 0.3 is 6.03 Å². The van der Waals surface area contributed by atoms with E-state index in [1.807, 2.05) is 0 Å².